The molecule has 0 aliphatic heterocycles. The van der Waals surface area contributed by atoms with E-state index in [0.717, 1.165) is 16.7 Å². The third-order valence-electron chi connectivity index (χ3n) is 4.50. The summed E-state index contributed by atoms with van der Waals surface area (Å²) in [6.07, 6.45) is 0.570. The summed E-state index contributed by atoms with van der Waals surface area (Å²) >= 11 is 0. The second-order valence-electron chi connectivity index (χ2n) is 6.45. The van der Waals surface area contributed by atoms with E-state index in [1.807, 2.05) is 97.9 Å². The molecule has 0 heterocycles. The van der Waals surface area contributed by atoms with Crippen molar-refractivity contribution in [1.29, 1.82) is 0 Å². The minimum Gasteiger partial charge on any atom is -0.324 e. The lowest BCUT2D eigenvalue weighted by molar-refractivity contribution is 0.112. The summed E-state index contributed by atoms with van der Waals surface area (Å²) in [6, 6.07) is 28.8. The minimum atomic E-state index is -3.81. The topological polar surface area (TPSA) is 46.5 Å². The van der Waals surface area contributed by atoms with Gasteiger partial charge in [-0.25, -0.2) is 0 Å². The minimum absolute atomic E-state index is 0.0757. The Hall–Kier alpha value is -2.19. The van der Waals surface area contributed by atoms with Gasteiger partial charge in [-0.15, -0.1) is 0 Å². The number of benzene rings is 3. The average Bonchev–Trinajstić information content (AvgIpc) is 2.68. The van der Waals surface area contributed by atoms with E-state index in [9.17, 15) is 9.46 Å². The highest BCUT2D eigenvalue weighted by molar-refractivity contribution is 7.52. The van der Waals surface area contributed by atoms with Gasteiger partial charge in [-0.3, -0.25) is 9.09 Å². The smallest absolute Gasteiger partial charge is 0.324 e. The standard InChI is InChI=1S/C22H23O3P/c1-22(20-13-7-3-8-14-20,21-15-9-4-10-16-21)25-26(23,24)18-17-19-11-5-2-6-12-19/h2-16H,17-18H2,1H3,(H,23,24). The molecule has 0 saturated heterocycles. The van der Waals surface area contributed by atoms with Crippen molar-refractivity contribution in [3.63, 3.8) is 0 Å². The highest BCUT2D eigenvalue weighted by Crippen LogP contribution is 2.51. The fourth-order valence-electron chi connectivity index (χ4n) is 3.03. The van der Waals surface area contributed by atoms with Crippen LogP contribution in [-0.4, -0.2) is 11.1 Å². The molecule has 0 amide bonds. The lowest BCUT2D eigenvalue weighted by Crippen LogP contribution is -2.27. The Balaban J connectivity index is 1.87. The van der Waals surface area contributed by atoms with Crippen molar-refractivity contribution in [2.24, 2.45) is 0 Å². The molecule has 3 rings (SSSR count). The number of aryl methyl sites for hydroxylation is 1. The van der Waals surface area contributed by atoms with E-state index in [2.05, 4.69) is 0 Å². The molecule has 3 nitrogen and oxygen atoms in total. The Morgan fingerprint density at radius 2 is 1.23 bits per heavy atom. The molecule has 3 aromatic carbocycles. The highest BCUT2D eigenvalue weighted by atomic mass is 31.2. The summed E-state index contributed by atoms with van der Waals surface area (Å²) in [5.41, 5.74) is 1.72. The fourth-order valence-corrected chi connectivity index (χ4v) is 4.44. The molecule has 1 N–H and O–H groups in total. The summed E-state index contributed by atoms with van der Waals surface area (Å²) < 4.78 is 18.8. The number of hydrogen-bond acceptors (Lipinski definition) is 2. The van der Waals surface area contributed by atoms with Crippen molar-refractivity contribution in [3.05, 3.63) is 108 Å². The van der Waals surface area contributed by atoms with E-state index in [4.69, 9.17) is 4.52 Å². The molecule has 1 unspecified atom stereocenters. The van der Waals surface area contributed by atoms with Crippen molar-refractivity contribution < 1.29 is 14.0 Å². The van der Waals surface area contributed by atoms with Crippen LogP contribution >= 0.6 is 7.60 Å². The van der Waals surface area contributed by atoms with Crippen molar-refractivity contribution >= 4 is 7.60 Å². The maximum Gasteiger partial charge on any atom is 0.329 e. The van der Waals surface area contributed by atoms with Crippen LogP contribution in [0.4, 0.5) is 0 Å². The van der Waals surface area contributed by atoms with E-state index in [0.29, 0.717) is 6.42 Å². The normalized spacial score (nSPS) is 13.9. The van der Waals surface area contributed by atoms with Crippen molar-refractivity contribution in [2.45, 2.75) is 18.9 Å². The predicted octanol–water partition coefficient (Wildman–Crippen LogP) is 5.39. The van der Waals surface area contributed by atoms with Gasteiger partial charge < -0.3 is 4.89 Å². The van der Waals surface area contributed by atoms with E-state index in [1.165, 1.54) is 0 Å². The van der Waals surface area contributed by atoms with Gasteiger partial charge in [0.1, 0.15) is 5.60 Å². The van der Waals surface area contributed by atoms with Crippen molar-refractivity contribution in [2.75, 3.05) is 6.16 Å². The summed E-state index contributed by atoms with van der Waals surface area (Å²) in [6.45, 7) is 1.85. The molecule has 0 radical (unpaired) electrons. The van der Waals surface area contributed by atoms with Crippen LogP contribution in [0.5, 0.6) is 0 Å². The molecule has 0 saturated carbocycles. The first kappa shape index (κ1) is 18.6. The summed E-state index contributed by atoms with van der Waals surface area (Å²) in [4.78, 5) is 10.6. The second-order valence-corrected chi connectivity index (χ2v) is 8.36. The van der Waals surface area contributed by atoms with Crippen LogP contribution in [0.2, 0.25) is 0 Å². The van der Waals surface area contributed by atoms with Crippen molar-refractivity contribution in [1.82, 2.24) is 0 Å². The molecular weight excluding hydrogens is 343 g/mol. The third-order valence-corrected chi connectivity index (χ3v) is 5.94. The van der Waals surface area contributed by atoms with E-state index in [1.54, 1.807) is 0 Å². The Morgan fingerprint density at radius 3 is 1.69 bits per heavy atom. The summed E-state index contributed by atoms with van der Waals surface area (Å²) in [5.74, 6) is 0. The molecule has 3 aromatic rings. The lowest BCUT2D eigenvalue weighted by Gasteiger charge is -2.33. The molecule has 134 valence electrons. The Labute approximate surface area is 154 Å². The fraction of sp³-hybridized carbons (Fsp3) is 0.182. The van der Waals surface area contributed by atoms with Gasteiger partial charge >= 0.3 is 7.60 Å². The van der Waals surface area contributed by atoms with Gasteiger partial charge in [0.15, 0.2) is 0 Å². The molecule has 0 aromatic heterocycles. The molecule has 1 atom stereocenters. The van der Waals surface area contributed by atoms with Crippen LogP contribution in [0.1, 0.15) is 23.6 Å². The van der Waals surface area contributed by atoms with Crippen LogP contribution in [0, 0.1) is 0 Å². The Kier molecular flexibility index (Phi) is 5.73. The zero-order valence-electron chi connectivity index (χ0n) is 14.8. The Morgan fingerprint density at radius 1 is 0.808 bits per heavy atom. The van der Waals surface area contributed by atoms with Crippen LogP contribution in [0.25, 0.3) is 0 Å². The molecule has 0 fully saturated rings. The van der Waals surface area contributed by atoms with Crippen molar-refractivity contribution in [3.8, 4) is 0 Å². The molecule has 0 aliphatic carbocycles. The van der Waals surface area contributed by atoms with Gasteiger partial charge in [-0.1, -0.05) is 91.0 Å². The molecule has 0 aliphatic rings. The average molecular weight is 366 g/mol. The van der Waals surface area contributed by atoms with Crippen LogP contribution in [0.3, 0.4) is 0 Å². The Bertz CT molecular complexity index is 824. The maximum atomic E-state index is 12.9. The zero-order valence-corrected chi connectivity index (χ0v) is 15.7. The van der Waals surface area contributed by atoms with Gasteiger partial charge in [0.2, 0.25) is 0 Å². The largest absolute Gasteiger partial charge is 0.329 e. The van der Waals surface area contributed by atoms with Crippen LogP contribution in [-0.2, 0) is 21.1 Å². The first-order valence-electron chi connectivity index (χ1n) is 8.67. The molecule has 26 heavy (non-hydrogen) atoms. The van der Waals surface area contributed by atoms with E-state index in [-0.39, 0.29) is 6.16 Å². The van der Waals surface area contributed by atoms with Crippen LogP contribution < -0.4 is 0 Å². The number of hydrogen-bond donors (Lipinski definition) is 1. The summed E-state index contributed by atoms with van der Waals surface area (Å²) in [5, 5.41) is 0. The van der Waals surface area contributed by atoms with E-state index < -0.39 is 13.2 Å². The molecule has 4 heteroatoms. The lowest BCUT2D eigenvalue weighted by atomic mass is 9.88. The SMILES string of the molecule is CC(OP(=O)(O)CCc1ccccc1)(c1ccccc1)c1ccccc1. The van der Waals surface area contributed by atoms with Gasteiger partial charge in [0, 0.05) is 0 Å². The monoisotopic (exact) mass is 366 g/mol. The maximum absolute atomic E-state index is 12.9. The zero-order chi connectivity index (χ0) is 18.5. The molecular formula is C22H23O3P. The van der Waals surface area contributed by atoms with Gasteiger partial charge in [0.25, 0.3) is 0 Å². The third kappa shape index (κ3) is 4.50. The highest BCUT2D eigenvalue weighted by Gasteiger charge is 2.37. The number of rotatable bonds is 7. The molecule has 0 bridgehead atoms. The van der Waals surface area contributed by atoms with Gasteiger partial charge in [0.05, 0.1) is 6.16 Å². The first-order valence-corrected chi connectivity index (χ1v) is 10.4. The second kappa shape index (κ2) is 8.01. The first-order chi connectivity index (χ1) is 12.5. The van der Waals surface area contributed by atoms with Crippen LogP contribution in [0.15, 0.2) is 91.0 Å². The molecule has 0 spiro atoms. The quantitative estimate of drug-likeness (QED) is 0.570. The summed E-state index contributed by atoms with van der Waals surface area (Å²) in [7, 11) is -3.81. The van der Waals surface area contributed by atoms with Gasteiger partial charge in [-0.2, -0.15) is 0 Å². The van der Waals surface area contributed by atoms with Gasteiger partial charge in [-0.05, 0) is 30.0 Å². The van der Waals surface area contributed by atoms with E-state index >= 15 is 0 Å². The predicted molar refractivity (Wildman–Crippen MR) is 105 cm³/mol.